The summed E-state index contributed by atoms with van der Waals surface area (Å²) in [5, 5.41) is 5.33. The maximum absolute atomic E-state index is 12.2. The van der Waals surface area contributed by atoms with Gasteiger partial charge in [0.25, 0.3) is 0 Å². The molecule has 2 N–H and O–H groups in total. The van der Waals surface area contributed by atoms with Crippen molar-refractivity contribution in [3.8, 4) is 0 Å². The Hall–Kier alpha value is -2.57. The number of likely N-dealkylation sites (N-methyl/N-ethyl adjacent to an activating group) is 1. The number of rotatable bonds is 9. The molecule has 3 amide bonds. The van der Waals surface area contributed by atoms with E-state index in [1.165, 1.54) is 11.8 Å². The van der Waals surface area contributed by atoms with E-state index in [4.69, 9.17) is 4.74 Å². The van der Waals surface area contributed by atoms with Gasteiger partial charge in [0.15, 0.2) is 0 Å². The molecule has 1 aromatic rings. The Balaban J connectivity index is 2.44. The third-order valence-electron chi connectivity index (χ3n) is 3.54. The summed E-state index contributed by atoms with van der Waals surface area (Å²) in [6, 6.07) is 8.69. The Morgan fingerprint density at radius 3 is 2.40 bits per heavy atom. The second-order valence-electron chi connectivity index (χ2n) is 5.97. The number of nitrogens with zero attached hydrogens (tertiary/aromatic N) is 1. The lowest BCUT2D eigenvalue weighted by Gasteiger charge is -2.21. The van der Waals surface area contributed by atoms with Crippen molar-refractivity contribution in [1.82, 2.24) is 15.5 Å². The Morgan fingerprint density at radius 1 is 1.12 bits per heavy atom. The van der Waals surface area contributed by atoms with E-state index in [1.807, 2.05) is 30.3 Å². The predicted octanol–water partition coefficient (Wildman–Crippen LogP) is 1.68. The number of amides is 3. The van der Waals surface area contributed by atoms with Gasteiger partial charge in [-0.2, -0.15) is 0 Å². The Bertz CT molecular complexity index is 561. The number of carbonyl (C=O) groups excluding carboxylic acids is 3. The maximum Gasteiger partial charge on any atom is 0.408 e. The van der Waals surface area contributed by atoms with Gasteiger partial charge < -0.3 is 20.3 Å². The van der Waals surface area contributed by atoms with Crippen LogP contribution in [-0.4, -0.2) is 49.5 Å². The third kappa shape index (κ3) is 8.74. The van der Waals surface area contributed by atoms with Crippen LogP contribution in [0.25, 0.3) is 0 Å². The number of ether oxygens (including phenoxy) is 1. The topological polar surface area (TPSA) is 87.7 Å². The van der Waals surface area contributed by atoms with Gasteiger partial charge >= 0.3 is 6.09 Å². The van der Waals surface area contributed by atoms with E-state index in [9.17, 15) is 14.4 Å². The van der Waals surface area contributed by atoms with Crippen LogP contribution in [-0.2, 0) is 20.9 Å². The van der Waals surface area contributed by atoms with E-state index >= 15 is 0 Å². The largest absolute Gasteiger partial charge is 0.445 e. The third-order valence-corrected chi connectivity index (χ3v) is 3.54. The number of carbonyl (C=O) groups is 3. The van der Waals surface area contributed by atoms with E-state index < -0.39 is 12.1 Å². The van der Waals surface area contributed by atoms with Crippen LogP contribution in [0.4, 0.5) is 4.79 Å². The van der Waals surface area contributed by atoms with Crippen molar-refractivity contribution in [1.29, 1.82) is 0 Å². The monoisotopic (exact) mass is 349 g/mol. The first-order chi connectivity index (χ1) is 11.9. The van der Waals surface area contributed by atoms with Crippen molar-refractivity contribution in [3.63, 3.8) is 0 Å². The molecule has 0 aliphatic carbocycles. The fraction of sp³-hybridized carbons (Fsp3) is 0.500. The molecule has 0 aliphatic rings. The summed E-state index contributed by atoms with van der Waals surface area (Å²) >= 11 is 0. The standard InChI is InChI=1S/C18H27N3O4/c1-14(22)19-12-8-7-11-16(17(23)21(2)3)20-18(24)25-13-15-9-5-4-6-10-15/h4-6,9-10,16H,7-8,11-13H2,1-3H3,(H,19,22)(H,20,24)/t16-/m0/s1. The molecule has 138 valence electrons. The first-order valence-corrected chi connectivity index (χ1v) is 8.33. The molecule has 1 aromatic carbocycles. The zero-order chi connectivity index (χ0) is 18.7. The summed E-state index contributed by atoms with van der Waals surface area (Å²) < 4.78 is 5.17. The van der Waals surface area contributed by atoms with Gasteiger partial charge in [-0.25, -0.2) is 4.79 Å². The van der Waals surface area contributed by atoms with Gasteiger partial charge in [-0.05, 0) is 24.8 Å². The van der Waals surface area contributed by atoms with E-state index in [1.54, 1.807) is 14.1 Å². The van der Waals surface area contributed by atoms with Gasteiger partial charge in [0.05, 0.1) is 0 Å². The SMILES string of the molecule is CC(=O)NCCCC[C@H](NC(=O)OCc1ccccc1)C(=O)N(C)C. The molecule has 0 aromatic heterocycles. The van der Waals surface area contributed by atoms with Gasteiger partial charge in [-0.3, -0.25) is 9.59 Å². The lowest BCUT2D eigenvalue weighted by atomic mass is 10.1. The van der Waals surface area contributed by atoms with Gasteiger partial charge in [0.1, 0.15) is 12.6 Å². The molecule has 0 radical (unpaired) electrons. The molecule has 7 nitrogen and oxygen atoms in total. The lowest BCUT2D eigenvalue weighted by Crippen LogP contribution is -2.46. The zero-order valence-corrected chi connectivity index (χ0v) is 15.1. The highest BCUT2D eigenvalue weighted by molar-refractivity contribution is 5.85. The minimum Gasteiger partial charge on any atom is -0.445 e. The predicted molar refractivity (Wildman–Crippen MR) is 94.8 cm³/mol. The molecule has 0 heterocycles. The molecule has 25 heavy (non-hydrogen) atoms. The molecule has 0 aliphatic heterocycles. The van der Waals surface area contributed by atoms with Crippen LogP contribution in [0.5, 0.6) is 0 Å². The number of hydrogen-bond acceptors (Lipinski definition) is 4. The second-order valence-corrected chi connectivity index (χ2v) is 5.97. The van der Waals surface area contributed by atoms with Crippen LogP contribution in [0.3, 0.4) is 0 Å². The Labute approximate surface area is 148 Å². The van der Waals surface area contributed by atoms with Gasteiger partial charge in [-0.15, -0.1) is 0 Å². The second kappa shape index (κ2) is 11.1. The molecular weight excluding hydrogens is 322 g/mol. The fourth-order valence-corrected chi connectivity index (χ4v) is 2.21. The Kier molecular flexibility index (Phi) is 9.06. The van der Waals surface area contributed by atoms with Crippen LogP contribution in [0.15, 0.2) is 30.3 Å². The van der Waals surface area contributed by atoms with E-state index in [-0.39, 0.29) is 18.4 Å². The summed E-state index contributed by atoms with van der Waals surface area (Å²) in [7, 11) is 3.28. The highest BCUT2D eigenvalue weighted by Gasteiger charge is 2.22. The molecule has 0 bridgehead atoms. The number of alkyl carbamates (subject to hydrolysis) is 1. The molecule has 0 fully saturated rings. The van der Waals surface area contributed by atoms with Crippen molar-refractivity contribution < 1.29 is 19.1 Å². The van der Waals surface area contributed by atoms with Crippen molar-refractivity contribution >= 4 is 17.9 Å². The zero-order valence-electron chi connectivity index (χ0n) is 15.1. The number of unbranched alkanes of at least 4 members (excludes halogenated alkanes) is 1. The van der Waals surface area contributed by atoms with Gasteiger partial charge in [0, 0.05) is 27.6 Å². The first-order valence-electron chi connectivity index (χ1n) is 8.33. The van der Waals surface area contributed by atoms with Crippen molar-refractivity contribution in [3.05, 3.63) is 35.9 Å². The maximum atomic E-state index is 12.2. The molecule has 1 rings (SSSR count). The van der Waals surface area contributed by atoms with Crippen LogP contribution >= 0.6 is 0 Å². The average molecular weight is 349 g/mol. The minimum absolute atomic E-state index is 0.0801. The molecule has 7 heteroatoms. The van der Waals surface area contributed by atoms with E-state index in [0.29, 0.717) is 19.4 Å². The highest BCUT2D eigenvalue weighted by atomic mass is 16.5. The van der Waals surface area contributed by atoms with Crippen LogP contribution in [0.2, 0.25) is 0 Å². The summed E-state index contributed by atoms with van der Waals surface area (Å²) in [5.74, 6) is -0.264. The number of nitrogens with one attached hydrogen (secondary N) is 2. The van der Waals surface area contributed by atoms with E-state index in [2.05, 4.69) is 10.6 Å². The quantitative estimate of drug-likeness (QED) is 0.664. The summed E-state index contributed by atoms with van der Waals surface area (Å²) in [4.78, 5) is 36.4. The fourth-order valence-electron chi connectivity index (χ4n) is 2.21. The summed E-state index contributed by atoms with van der Waals surface area (Å²) in [5.41, 5.74) is 0.878. The smallest absolute Gasteiger partial charge is 0.408 e. The van der Waals surface area contributed by atoms with Crippen molar-refractivity contribution in [2.45, 2.75) is 38.8 Å². The van der Waals surface area contributed by atoms with Crippen LogP contribution in [0.1, 0.15) is 31.7 Å². The Morgan fingerprint density at radius 2 is 1.80 bits per heavy atom. The van der Waals surface area contributed by atoms with Crippen LogP contribution in [0, 0.1) is 0 Å². The average Bonchev–Trinajstić information content (AvgIpc) is 2.58. The van der Waals surface area contributed by atoms with E-state index in [0.717, 1.165) is 12.0 Å². The molecule has 0 unspecified atom stereocenters. The molecule has 0 saturated carbocycles. The van der Waals surface area contributed by atoms with Crippen molar-refractivity contribution in [2.24, 2.45) is 0 Å². The molecule has 0 spiro atoms. The van der Waals surface area contributed by atoms with Crippen LogP contribution < -0.4 is 10.6 Å². The number of benzene rings is 1. The lowest BCUT2D eigenvalue weighted by molar-refractivity contribution is -0.131. The highest BCUT2D eigenvalue weighted by Crippen LogP contribution is 2.05. The normalized spacial score (nSPS) is 11.3. The molecule has 1 atom stereocenters. The van der Waals surface area contributed by atoms with Gasteiger partial charge in [-0.1, -0.05) is 30.3 Å². The first kappa shape index (κ1) is 20.5. The summed E-state index contributed by atoms with van der Waals surface area (Å²) in [6.45, 7) is 2.16. The minimum atomic E-state index is -0.643. The molecular formula is C18H27N3O4. The molecule has 0 saturated heterocycles. The number of hydrogen-bond donors (Lipinski definition) is 2. The summed E-state index contributed by atoms with van der Waals surface area (Å²) in [6.07, 6.45) is 1.30. The van der Waals surface area contributed by atoms with Gasteiger partial charge in [0.2, 0.25) is 11.8 Å². The van der Waals surface area contributed by atoms with Crippen molar-refractivity contribution in [2.75, 3.05) is 20.6 Å².